The van der Waals surface area contributed by atoms with Gasteiger partial charge in [-0.05, 0) is 95.3 Å². The highest BCUT2D eigenvalue weighted by atomic mass is 28.6. The molecule has 22 rings (SSSR count). The van der Waals surface area contributed by atoms with Gasteiger partial charge in [0, 0.05) is 63.7 Å². The van der Waals surface area contributed by atoms with Crippen LogP contribution in [-0.4, -0.2) is 113 Å². The first kappa shape index (κ1) is 77.4. The topological polar surface area (TPSA) is 204 Å². The van der Waals surface area contributed by atoms with Gasteiger partial charge in [0.1, 0.15) is 0 Å². The van der Waals surface area contributed by atoms with Gasteiger partial charge in [-0.15, -0.1) is 0 Å². The fourth-order valence-electron chi connectivity index (χ4n) is 15.8. The zero-order valence-corrected chi connectivity index (χ0v) is 74.7. The summed E-state index contributed by atoms with van der Waals surface area (Å²) in [5, 5.41) is 3.76. The fraction of sp³-hybridized carbons (Fsp3) is 0. The first-order valence-electron chi connectivity index (χ1n) is 39.3. The molecular formula is C92H66N2O18Si10. The van der Waals surface area contributed by atoms with Crippen molar-refractivity contribution in [2.24, 2.45) is 0 Å². The van der Waals surface area contributed by atoms with E-state index in [-0.39, 0.29) is 33.6 Å². The minimum absolute atomic E-state index is 0.196. The van der Waals surface area contributed by atoms with E-state index in [4.69, 9.17) is 57.6 Å². The second kappa shape index (κ2) is 31.2. The molecule has 0 N–H and O–H groups in total. The van der Waals surface area contributed by atoms with Crippen molar-refractivity contribution < 1.29 is 76.8 Å². The normalized spacial score (nSPS) is 26.2. The molecule has 0 spiro atoms. The molecule has 0 aromatic heterocycles. The maximum absolute atomic E-state index is 15.0. The van der Waals surface area contributed by atoms with Gasteiger partial charge >= 0.3 is 89.0 Å². The molecule has 0 aliphatic carbocycles. The zero-order chi connectivity index (χ0) is 82.1. The third-order valence-electron chi connectivity index (χ3n) is 21.6. The number of benzene rings is 14. The predicted molar refractivity (Wildman–Crippen MR) is 476 cm³/mol. The Morgan fingerprint density at radius 2 is 0.393 bits per heavy atom. The summed E-state index contributed by atoms with van der Waals surface area (Å²) in [7, 11) is -52.1. The van der Waals surface area contributed by atoms with Gasteiger partial charge in [0.05, 0.1) is 33.6 Å². The van der Waals surface area contributed by atoms with E-state index < -0.39 is 113 Å². The number of nitrogens with zero attached hydrogens (tertiary/aromatic N) is 2. The Hall–Kier alpha value is -11.9. The highest BCUT2D eigenvalue weighted by Crippen LogP contribution is 2.46. The Morgan fingerprint density at radius 1 is 0.197 bits per heavy atom. The van der Waals surface area contributed by atoms with Crippen molar-refractivity contribution in [1.29, 1.82) is 0 Å². The molecule has 592 valence electrons. The second-order valence-corrected chi connectivity index (χ2v) is 57.5. The average molecular weight is 1770 g/mol. The van der Waals surface area contributed by atoms with Crippen molar-refractivity contribution in [3.63, 3.8) is 0 Å². The summed E-state index contributed by atoms with van der Waals surface area (Å²) < 4.78 is 121. The first-order chi connectivity index (χ1) is 59.7. The van der Waals surface area contributed by atoms with Crippen molar-refractivity contribution in [3.05, 3.63) is 433 Å². The van der Waals surface area contributed by atoms with Crippen LogP contribution in [0, 0.1) is 23.7 Å². The lowest BCUT2D eigenvalue weighted by Crippen LogP contribution is -2.92. The van der Waals surface area contributed by atoms with Crippen LogP contribution < -0.4 is 61.7 Å². The molecule has 8 heterocycles. The lowest BCUT2D eigenvalue weighted by atomic mass is 10.1. The molecule has 0 radical (unpaired) electrons. The number of rotatable bonds is 12. The quantitative estimate of drug-likeness (QED) is 0.0653. The minimum Gasteiger partial charge on any atom is -0.390 e. The molecule has 30 heteroatoms. The number of imide groups is 2. The predicted octanol–water partition coefficient (Wildman–Crippen LogP) is 7.71. The van der Waals surface area contributed by atoms with Gasteiger partial charge in [-0.25, -0.2) is 9.80 Å². The number of anilines is 2. The van der Waals surface area contributed by atoms with Gasteiger partial charge in [-0.3, -0.25) is 19.2 Å². The number of carbonyl (C=O) groups is 4. The maximum Gasteiger partial charge on any atom is 0.515 e. The molecule has 8 aliphatic rings. The van der Waals surface area contributed by atoms with E-state index in [0.717, 1.165) is 20.9 Å². The van der Waals surface area contributed by atoms with E-state index in [2.05, 4.69) is 23.7 Å². The Bertz CT molecular complexity index is 5900. The van der Waals surface area contributed by atoms with Crippen molar-refractivity contribution in [1.82, 2.24) is 0 Å². The van der Waals surface area contributed by atoms with E-state index >= 15 is 0 Å². The number of carbonyl (C=O) groups excluding carboxylic acids is 4. The average Bonchev–Trinajstić information content (AvgIpc) is 0.696. The van der Waals surface area contributed by atoms with Crippen LogP contribution in [0.2, 0.25) is 0 Å². The fourth-order valence-corrected chi connectivity index (χ4v) is 68.9. The lowest BCUT2D eigenvalue weighted by molar-refractivity contribution is 0.0307. The van der Waals surface area contributed by atoms with Crippen molar-refractivity contribution >= 4 is 176 Å². The van der Waals surface area contributed by atoms with E-state index in [0.29, 0.717) is 63.0 Å². The third kappa shape index (κ3) is 13.8. The Balaban J connectivity index is 0.833. The van der Waals surface area contributed by atoms with Gasteiger partial charge in [-0.1, -0.05) is 327 Å². The monoisotopic (exact) mass is 1770 g/mol. The maximum atomic E-state index is 15.0. The second-order valence-electron chi connectivity index (χ2n) is 29.4. The number of hydrogen-bond acceptors (Lipinski definition) is 18. The molecular weight excluding hydrogens is 1700 g/mol. The number of fused-ring (bicyclic) bond motifs is 6. The molecule has 6 saturated heterocycles. The number of amides is 4. The minimum atomic E-state index is -5.55. The Morgan fingerprint density at radius 3 is 0.631 bits per heavy atom. The largest absolute Gasteiger partial charge is 0.515 e. The molecule has 14 aromatic carbocycles. The summed E-state index contributed by atoms with van der Waals surface area (Å²) in [5.41, 5.74) is 4.00. The standard InChI is InChI=1S/C92H66N2O18Si10/c95-89-85-65-55-71(53-51-69-31-11-1-12-32-69)67-87(85)91(97)93(89)73-57-61-75(62-58-73)113-99-115(77-35-15-3-16-36-77)103-119(81-43-23-7-24-44-81)107-117(79-39-19-5-20-40-79)101-114(76-63-59-74(60-64-76)94-90(96)86-66-56-72(68-88(86)92(94)98)54-52-70-33-13-2-14-34-70)102-118(80-41-21-6-22-42-80)109-121(111-119,83-47-27-9-28-48-83)105-116(100-113,78-37-17-4-18-38-78)106-122(110-118,84-49-29-10-30-50-84)112-120(104-115,108-117)82-45-25-8-26-46-82/h1-50,55-68,113-114H. The van der Waals surface area contributed by atoms with Crippen LogP contribution in [-0.2, 0) is 57.6 Å². The van der Waals surface area contributed by atoms with Crippen molar-refractivity contribution in [3.8, 4) is 23.7 Å². The molecule has 6 fully saturated rings. The van der Waals surface area contributed by atoms with E-state index in [1.54, 1.807) is 84.9 Å². The Kier molecular flexibility index (Phi) is 19.8. The molecule has 8 aliphatic heterocycles. The molecule has 4 amide bonds. The van der Waals surface area contributed by atoms with E-state index in [9.17, 15) is 19.2 Å². The van der Waals surface area contributed by atoms with Crippen LogP contribution in [0.3, 0.4) is 0 Å². The third-order valence-corrected chi connectivity index (χ3v) is 61.7. The summed E-state index contributed by atoms with van der Waals surface area (Å²) >= 11 is 0. The highest BCUT2D eigenvalue weighted by molar-refractivity contribution is 7.12. The smallest absolute Gasteiger partial charge is 0.390 e. The van der Waals surface area contributed by atoms with Crippen LogP contribution in [0.25, 0.3) is 0 Å². The first-order valence-corrected chi connectivity index (χ1v) is 56.1. The Labute approximate surface area is 713 Å². The van der Waals surface area contributed by atoms with E-state index in [1.807, 2.05) is 303 Å². The van der Waals surface area contributed by atoms with Gasteiger partial charge in [0.25, 0.3) is 23.6 Å². The van der Waals surface area contributed by atoms with Crippen LogP contribution in [0.1, 0.15) is 63.7 Å². The van der Waals surface area contributed by atoms with E-state index in [1.165, 1.54) is 0 Å². The van der Waals surface area contributed by atoms with Gasteiger partial charge in [0.2, 0.25) is 0 Å². The molecule has 0 unspecified atom stereocenters. The summed E-state index contributed by atoms with van der Waals surface area (Å²) in [6.07, 6.45) is 0. The molecule has 20 nitrogen and oxygen atoms in total. The molecule has 0 saturated carbocycles. The molecule has 8 bridgehead atoms. The molecule has 0 atom stereocenters. The molecule has 122 heavy (non-hydrogen) atoms. The summed E-state index contributed by atoms with van der Waals surface area (Å²) in [4.78, 5) is 62.0. The van der Waals surface area contributed by atoms with Crippen LogP contribution in [0.4, 0.5) is 11.4 Å². The molecule has 14 aromatic rings. The van der Waals surface area contributed by atoms with Crippen molar-refractivity contribution in [2.75, 3.05) is 9.80 Å². The van der Waals surface area contributed by atoms with Gasteiger partial charge in [0.15, 0.2) is 0 Å². The van der Waals surface area contributed by atoms with Crippen LogP contribution >= 0.6 is 0 Å². The lowest BCUT2D eigenvalue weighted by Gasteiger charge is -2.59. The zero-order valence-electron chi connectivity index (χ0n) is 64.3. The summed E-state index contributed by atoms with van der Waals surface area (Å²) in [6, 6.07) is 117. The van der Waals surface area contributed by atoms with Gasteiger partial charge in [-0.2, -0.15) is 0 Å². The van der Waals surface area contributed by atoms with Gasteiger partial charge < -0.3 is 57.6 Å². The van der Waals surface area contributed by atoms with Crippen LogP contribution in [0.15, 0.2) is 388 Å². The van der Waals surface area contributed by atoms with Crippen molar-refractivity contribution in [2.45, 2.75) is 0 Å². The highest BCUT2D eigenvalue weighted by Gasteiger charge is 2.82. The summed E-state index contributed by atoms with van der Waals surface area (Å²) in [6.45, 7) is 0. The SMILES string of the molecule is O=C1c2ccc(C#Cc3ccccc3)cc2C(=O)N1c1ccc([SiH]2O[Si]3(c4ccccc4)O[Si]4(c5ccccc5)O[Si]5(c6ccccc6)O[SiH](c6ccc(N7C(=O)c8ccc(C#Cc9ccccc9)cc8C7=O)cc6)O[Si]6(c7ccccc7)O[Si](c7ccccc7)(O[Si](c7ccccc7)(O2)O[Si](c2ccccc2)(O6)O[Si](c2ccccc2)(O3)O5)O4)cc1. The van der Waals surface area contributed by atoms with Crippen LogP contribution in [0.5, 0.6) is 0 Å². The number of hydrogen-bond donors (Lipinski definition) is 0. The summed E-state index contributed by atoms with van der Waals surface area (Å²) in [5.74, 6) is 10.5.